The summed E-state index contributed by atoms with van der Waals surface area (Å²) < 4.78 is 9.86. The van der Waals surface area contributed by atoms with E-state index in [9.17, 15) is 14.4 Å². The summed E-state index contributed by atoms with van der Waals surface area (Å²) in [6.07, 6.45) is 0.842. The van der Waals surface area contributed by atoms with E-state index in [1.165, 1.54) is 0 Å². The summed E-state index contributed by atoms with van der Waals surface area (Å²) in [6.45, 7) is 4.25. The third-order valence-corrected chi connectivity index (χ3v) is 3.30. The van der Waals surface area contributed by atoms with E-state index in [2.05, 4.69) is 5.32 Å². The van der Waals surface area contributed by atoms with Gasteiger partial charge in [-0.1, -0.05) is 43.7 Å². The third kappa shape index (κ3) is 7.76. The van der Waals surface area contributed by atoms with E-state index in [-0.39, 0.29) is 25.2 Å². The number of Topliss-reactive ketones (excluding diaryl/α,β-unsaturated/α-hetero) is 1. The van der Waals surface area contributed by atoms with Gasteiger partial charge in [0.15, 0.2) is 0 Å². The molecular weight excluding hydrogens is 310 g/mol. The molecule has 1 unspecified atom stereocenters. The van der Waals surface area contributed by atoms with E-state index in [4.69, 9.17) is 9.47 Å². The lowest BCUT2D eigenvalue weighted by Gasteiger charge is -2.18. The summed E-state index contributed by atoms with van der Waals surface area (Å²) in [7, 11) is 0. The Balaban J connectivity index is 2.67. The van der Waals surface area contributed by atoms with Crippen LogP contribution in [0.4, 0.5) is 4.79 Å². The van der Waals surface area contributed by atoms with Crippen LogP contribution >= 0.6 is 0 Å². The number of esters is 1. The lowest BCUT2D eigenvalue weighted by molar-refractivity contribution is -0.145. The van der Waals surface area contributed by atoms with Gasteiger partial charge >= 0.3 is 12.1 Å². The highest BCUT2D eigenvalue weighted by atomic mass is 16.5. The molecule has 0 aromatic heterocycles. The fourth-order valence-corrected chi connectivity index (χ4v) is 2.10. The predicted molar refractivity (Wildman–Crippen MR) is 89.4 cm³/mol. The summed E-state index contributed by atoms with van der Waals surface area (Å²) in [6, 6.07) is 8.58. The normalized spacial score (nSPS) is 11.4. The zero-order valence-corrected chi connectivity index (χ0v) is 14.2. The molecule has 1 atom stereocenters. The Labute approximate surface area is 142 Å². The van der Waals surface area contributed by atoms with Gasteiger partial charge in [0.05, 0.1) is 19.3 Å². The first kappa shape index (κ1) is 19.7. The van der Waals surface area contributed by atoms with Crippen LogP contribution in [-0.4, -0.2) is 31.1 Å². The Morgan fingerprint density at radius 1 is 1.08 bits per heavy atom. The first-order valence-electron chi connectivity index (χ1n) is 8.22. The number of ether oxygens (including phenoxy) is 2. The minimum absolute atomic E-state index is 0.00566. The van der Waals surface area contributed by atoms with Gasteiger partial charge in [0, 0.05) is 6.42 Å². The molecule has 1 N–H and O–H groups in total. The van der Waals surface area contributed by atoms with Crippen molar-refractivity contribution in [2.75, 3.05) is 13.2 Å². The first-order valence-corrected chi connectivity index (χ1v) is 8.22. The van der Waals surface area contributed by atoms with Crippen LogP contribution in [0.1, 0.15) is 51.1 Å². The average molecular weight is 335 g/mol. The molecule has 132 valence electrons. The number of nitrogens with one attached hydrogen (secondary N) is 1. The third-order valence-electron chi connectivity index (χ3n) is 3.30. The topological polar surface area (TPSA) is 81.7 Å². The van der Waals surface area contributed by atoms with Gasteiger partial charge in [0.25, 0.3) is 0 Å². The Hall–Kier alpha value is -2.37. The van der Waals surface area contributed by atoms with Crippen molar-refractivity contribution in [3.05, 3.63) is 35.9 Å². The molecule has 1 aromatic rings. The highest BCUT2D eigenvalue weighted by Gasteiger charge is 2.21. The summed E-state index contributed by atoms with van der Waals surface area (Å²) in [5, 5.41) is 2.69. The van der Waals surface area contributed by atoms with Crippen LogP contribution in [0.15, 0.2) is 30.3 Å². The van der Waals surface area contributed by atoms with E-state index in [0.29, 0.717) is 6.61 Å². The molecule has 24 heavy (non-hydrogen) atoms. The van der Waals surface area contributed by atoms with Crippen LogP contribution < -0.4 is 5.32 Å². The number of rotatable bonds is 10. The van der Waals surface area contributed by atoms with Crippen LogP contribution in [0, 0.1) is 0 Å². The second-order valence-electron chi connectivity index (χ2n) is 5.32. The molecule has 0 aliphatic heterocycles. The molecule has 0 spiro atoms. The number of hydrogen-bond acceptors (Lipinski definition) is 5. The molecule has 0 aliphatic carbocycles. The number of alkyl carbamates (subject to hydrolysis) is 1. The smallest absolute Gasteiger partial charge is 0.407 e. The van der Waals surface area contributed by atoms with E-state index in [0.717, 1.165) is 18.4 Å². The number of unbranched alkanes of at least 4 members (excludes halogenated alkanes) is 1. The number of benzene rings is 1. The lowest BCUT2D eigenvalue weighted by atomic mass is 10.0. The van der Waals surface area contributed by atoms with Crippen LogP contribution in [0.5, 0.6) is 0 Å². The summed E-state index contributed by atoms with van der Waals surface area (Å²) >= 11 is 0. The average Bonchev–Trinajstić information content (AvgIpc) is 2.55. The molecule has 0 bridgehead atoms. The second-order valence-corrected chi connectivity index (χ2v) is 5.32. The predicted octanol–water partition coefficient (Wildman–Crippen LogP) is 3.17. The van der Waals surface area contributed by atoms with Crippen molar-refractivity contribution in [1.82, 2.24) is 5.32 Å². The van der Waals surface area contributed by atoms with Crippen LogP contribution in [0.2, 0.25) is 0 Å². The highest BCUT2D eigenvalue weighted by molar-refractivity contribution is 5.96. The second kappa shape index (κ2) is 11.2. The van der Waals surface area contributed by atoms with Gasteiger partial charge < -0.3 is 14.8 Å². The fraction of sp³-hybridized carbons (Fsp3) is 0.500. The van der Waals surface area contributed by atoms with Gasteiger partial charge in [-0.25, -0.2) is 4.79 Å². The minimum Gasteiger partial charge on any atom is -0.466 e. The van der Waals surface area contributed by atoms with Gasteiger partial charge in [0.2, 0.25) is 0 Å². The Kier molecular flexibility index (Phi) is 9.19. The molecule has 0 heterocycles. The molecule has 0 fully saturated rings. The SMILES string of the molecule is CCCCOC(=O)NC(CC(=O)CC(=O)OCC)c1ccccc1. The van der Waals surface area contributed by atoms with Crippen LogP contribution in [-0.2, 0) is 19.1 Å². The maximum absolute atomic E-state index is 12.1. The largest absolute Gasteiger partial charge is 0.466 e. The molecule has 0 aliphatic rings. The van der Waals surface area contributed by atoms with E-state index < -0.39 is 18.1 Å². The van der Waals surface area contributed by atoms with Crippen LogP contribution in [0.3, 0.4) is 0 Å². The summed E-state index contributed by atoms with van der Waals surface area (Å²) in [4.78, 5) is 35.3. The molecule has 6 heteroatoms. The van der Waals surface area contributed by atoms with Gasteiger partial charge in [-0.2, -0.15) is 0 Å². The quantitative estimate of drug-likeness (QED) is 0.403. The Morgan fingerprint density at radius 2 is 1.79 bits per heavy atom. The maximum atomic E-state index is 12.1. The van der Waals surface area contributed by atoms with Crippen molar-refractivity contribution in [3.63, 3.8) is 0 Å². The first-order chi connectivity index (χ1) is 11.6. The Bertz CT molecular complexity index is 529. The summed E-state index contributed by atoms with van der Waals surface area (Å²) in [5.74, 6) is -0.851. The molecule has 0 radical (unpaired) electrons. The maximum Gasteiger partial charge on any atom is 0.407 e. The van der Waals surface area contributed by atoms with Crippen molar-refractivity contribution in [2.24, 2.45) is 0 Å². The van der Waals surface area contributed by atoms with Crippen molar-refractivity contribution >= 4 is 17.8 Å². The Morgan fingerprint density at radius 3 is 2.42 bits per heavy atom. The van der Waals surface area contributed by atoms with E-state index >= 15 is 0 Å². The highest BCUT2D eigenvalue weighted by Crippen LogP contribution is 2.18. The zero-order chi connectivity index (χ0) is 17.8. The van der Waals surface area contributed by atoms with E-state index in [1.807, 2.05) is 37.3 Å². The van der Waals surface area contributed by atoms with Gasteiger partial charge in [-0.3, -0.25) is 9.59 Å². The standard InChI is InChI=1S/C18H25NO5/c1-3-5-11-24-18(22)19-16(14-9-7-6-8-10-14)12-15(20)13-17(21)23-4-2/h6-10,16H,3-5,11-13H2,1-2H3,(H,19,22). The monoisotopic (exact) mass is 335 g/mol. The van der Waals surface area contributed by atoms with E-state index in [1.54, 1.807) is 6.92 Å². The van der Waals surface area contributed by atoms with Gasteiger partial charge in [-0.05, 0) is 18.9 Å². The number of ketones is 1. The zero-order valence-electron chi connectivity index (χ0n) is 14.2. The molecule has 1 rings (SSSR count). The van der Waals surface area contributed by atoms with Crippen LogP contribution in [0.25, 0.3) is 0 Å². The van der Waals surface area contributed by atoms with Gasteiger partial charge in [0.1, 0.15) is 12.2 Å². The van der Waals surface area contributed by atoms with Crippen molar-refractivity contribution in [2.45, 2.75) is 45.6 Å². The van der Waals surface area contributed by atoms with Crippen molar-refractivity contribution < 1.29 is 23.9 Å². The number of carbonyl (C=O) groups excluding carboxylic acids is 3. The summed E-state index contributed by atoms with van der Waals surface area (Å²) in [5.41, 5.74) is 0.780. The van der Waals surface area contributed by atoms with Gasteiger partial charge in [-0.15, -0.1) is 0 Å². The molecule has 0 saturated heterocycles. The molecule has 1 aromatic carbocycles. The minimum atomic E-state index is -0.568. The van der Waals surface area contributed by atoms with Crippen molar-refractivity contribution in [3.8, 4) is 0 Å². The lowest BCUT2D eigenvalue weighted by Crippen LogP contribution is -2.31. The molecular formula is C18H25NO5. The molecule has 6 nitrogen and oxygen atoms in total. The molecule has 1 amide bonds. The number of amides is 1. The number of hydrogen-bond donors (Lipinski definition) is 1. The molecule has 0 saturated carbocycles. The number of carbonyl (C=O) groups is 3. The van der Waals surface area contributed by atoms with Crippen molar-refractivity contribution in [1.29, 1.82) is 0 Å². The fourth-order valence-electron chi connectivity index (χ4n) is 2.10.